The van der Waals surface area contributed by atoms with Gasteiger partial charge in [-0.25, -0.2) is 0 Å². The van der Waals surface area contributed by atoms with Crippen LogP contribution in [0.15, 0.2) is 34.9 Å². The third-order valence-corrected chi connectivity index (χ3v) is 3.38. The molecule has 0 aliphatic heterocycles. The maximum atomic E-state index is 12.0. The molecule has 11 heteroatoms. The number of rotatable bonds is 7. The summed E-state index contributed by atoms with van der Waals surface area (Å²) in [6.07, 6.45) is 1.33. The highest BCUT2D eigenvalue weighted by molar-refractivity contribution is 9.10. The molecule has 8 nitrogen and oxygen atoms in total. The highest BCUT2D eigenvalue weighted by Gasteiger charge is 2.19. The number of alkyl halides is 2. The van der Waals surface area contributed by atoms with Crippen molar-refractivity contribution in [3.8, 4) is 5.75 Å². The molecular weight excluding hydrogens is 394 g/mol. The number of ether oxygens (including phenoxy) is 1. The van der Waals surface area contributed by atoms with Crippen molar-refractivity contribution in [1.82, 2.24) is 15.1 Å². The average Bonchev–Trinajstić information content (AvgIpc) is 2.86. The number of nitrogens with zero attached hydrogens (tertiary/aromatic N) is 3. The Morgan fingerprint density at radius 3 is 2.62 bits per heavy atom. The predicted molar refractivity (Wildman–Crippen MR) is 81.5 cm³/mol. The van der Waals surface area contributed by atoms with Crippen LogP contribution in [0.5, 0.6) is 5.75 Å². The molecule has 1 aromatic heterocycles. The van der Waals surface area contributed by atoms with Crippen molar-refractivity contribution in [1.29, 1.82) is 0 Å². The van der Waals surface area contributed by atoms with Crippen LogP contribution in [0.4, 0.5) is 14.6 Å². The van der Waals surface area contributed by atoms with E-state index in [0.717, 1.165) is 4.68 Å². The number of benzene rings is 1. The van der Waals surface area contributed by atoms with Gasteiger partial charge in [0.15, 0.2) is 0 Å². The third-order valence-electron chi connectivity index (χ3n) is 2.82. The fourth-order valence-corrected chi connectivity index (χ4v) is 2.24. The molecule has 2 rings (SSSR count). The van der Waals surface area contributed by atoms with Gasteiger partial charge in [-0.3, -0.25) is 4.79 Å². The van der Waals surface area contributed by atoms with Gasteiger partial charge in [-0.2, -0.15) is 13.5 Å². The summed E-state index contributed by atoms with van der Waals surface area (Å²) in [6, 6.07) is 5.80. The summed E-state index contributed by atoms with van der Waals surface area (Å²) < 4.78 is 29.6. The standard InChI is InChI=1S/C13H11BrF2N4O4/c14-10-6-19(18-12(10)20(22)23)7-11(21)17-5-8-1-3-9(4-2-8)24-13(15)16/h1-4,6,13H,5,7H2,(H,17,21). The average molecular weight is 405 g/mol. The molecule has 0 saturated heterocycles. The molecule has 0 radical (unpaired) electrons. The lowest BCUT2D eigenvalue weighted by molar-refractivity contribution is -0.390. The van der Waals surface area contributed by atoms with E-state index in [4.69, 9.17) is 0 Å². The van der Waals surface area contributed by atoms with Crippen LogP contribution < -0.4 is 10.1 Å². The van der Waals surface area contributed by atoms with Gasteiger partial charge >= 0.3 is 12.4 Å². The highest BCUT2D eigenvalue weighted by Crippen LogP contribution is 2.21. The van der Waals surface area contributed by atoms with Gasteiger partial charge in [0.25, 0.3) is 0 Å². The molecule has 1 heterocycles. The van der Waals surface area contributed by atoms with E-state index in [1.807, 2.05) is 0 Å². The Labute approximate surface area is 142 Å². The Kier molecular flexibility index (Phi) is 5.79. The van der Waals surface area contributed by atoms with Crippen LogP contribution in [-0.2, 0) is 17.9 Å². The lowest BCUT2D eigenvalue weighted by atomic mass is 10.2. The van der Waals surface area contributed by atoms with Crippen molar-refractivity contribution < 1.29 is 23.2 Å². The van der Waals surface area contributed by atoms with Crippen molar-refractivity contribution in [3.63, 3.8) is 0 Å². The molecule has 0 spiro atoms. The van der Waals surface area contributed by atoms with E-state index >= 15 is 0 Å². The second kappa shape index (κ2) is 7.81. The van der Waals surface area contributed by atoms with Crippen LogP contribution in [0.1, 0.15) is 5.56 Å². The van der Waals surface area contributed by atoms with Gasteiger partial charge in [-0.05, 0) is 38.5 Å². The molecule has 0 aliphatic rings. The van der Waals surface area contributed by atoms with E-state index in [9.17, 15) is 23.7 Å². The summed E-state index contributed by atoms with van der Waals surface area (Å²) in [5, 5.41) is 16.9. The van der Waals surface area contributed by atoms with Crippen molar-refractivity contribution in [2.24, 2.45) is 0 Å². The minimum atomic E-state index is -2.90. The van der Waals surface area contributed by atoms with Gasteiger partial charge in [0.2, 0.25) is 5.91 Å². The zero-order valence-electron chi connectivity index (χ0n) is 12.0. The van der Waals surface area contributed by atoms with Gasteiger partial charge in [-0.1, -0.05) is 12.1 Å². The van der Waals surface area contributed by atoms with Crippen molar-refractivity contribution in [2.75, 3.05) is 0 Å². The van der Waals surface area contributed by atoms with Crippen LogP contribution in [0.3, 0.4) is 0 Å². The minimum absolute atomic E-state index is 0.0220. The number of carbonyl (C=O) groups excluding carboxylic acids is 1. The number of aromatic nitrogens is 2. The van der Waals surface area contributed by atoms with E-state index in [1.54, 1.807) is 0 Å². The first-order chi connectivity index (χ1) is 11.3. The van der Waals surface area contributed by atoms with Gasteiger partial charge in [0.1, 0.15) is 16.8 Å². The summed E-state index contributed by atoms with van der Waals surface area (Å²) in [5.41, 5.74) is 0.678. The normalized spacial score (nSPS) is 10.7. The second-order valence-corrected chi connectivity index (χ2v) is 5.41. The number of hydrogen-bond acceptors (Lipinski definition) is 5. The molecule has 1 amide bonds. The molecule has 2 aromatic rings. The molecular formula is C13H11BrF2N4O4. The van der Waals surface area contributed by atoms with Crippen LogP contribution in [0.25, 0.3) is 0 Å². The van der Waals surface area contributed by atoms with E-state index in [-0.39, 0.29) is 29.1 Å². The fourth-order valence-electron chi connectivity index (χ4n) is 1.78. The third kappa shape index (κ3) is 4.98. The van der Waals surface area contributed by atoms with Crippen LogP contribution in [0, 0.1) is 10.1 Å². The lowest BCUT2D eigenvalue weighted by Gasteiger charge is -2.07. The topological polar surface area (TPSA) is 99.3 Å². The van der Waals surface area contributed by atoms with Crippen LogP contribution >= 0.6 is 15.9 Å². The molecule has 24 heavy (non-hydrogen) atoms. The van der Waals surface area contributed by atoms with E-state index < -0.39 is 17.4 Å². The summed E-state index contributed by atoms with van der Waals surface area (Å²) in [6.45, 7) is -2.93. The largest absolute Gasteiger partial charge is 0.435 e. The molecule has 128 valence electrons. The SMILES string of the molecule is O=C(Cn1cc(Br)c([N+](=O)[O-])n1)NCc1ccc(OC(F)F)cc1. The summed E-state index contributed by atoms with van der Waals surface area (Å²) >= 11 is 2.99. The zero-order valence-corrected chi connectivity index (χ0v) is 13.6. The number of nitro groups is 1. The maximum Gasteiger partial charge on any atom is 0.404 e. The van der Waals surface area contributed by atoms with Gasteiger partial charge < -0.3 is 20.2 Å². The molecule has 0 saturated carbocycles. The smallest absolute Gasteiger partial charge is 0.404 e. The lowest BCUT2D eigenvalue weighted by Crippen LogP contribution is -2.27. The Morgan fingerprint density at radius 1 is 1.42 bits per heavy atom. The first kappa shape index (κ1) is 17.8. The fraction of sp³-hybridized carbons (Fsp3) is 0.231. The summed E-state index contributed by atoms with van der Waals surface area (Å²) in [7, 11) is 0. The van der Waals surface area contributed by atoms with Gasteiger partial charge in [0.05, 0.1) is 11.3 Å². The molecule has 0 bridgehead atoms. The molecule has 0 atom stereocenters. The molecule has 0 unspecified atom stereocenters. The predicted octanol–water partition coefficient (Wildman–Crippen LogP) is 2.47. The minimum Gasteiger partial charge on any atom is -0.435 e. The number of amides is 1. The van der Waals surface area contributed by atoms with E-state index in [0.29, 0.717) is 5.56 Å². The number of hydrogen-bond donors (Lipinski definition) is 1. The van der Waals surface area contributed by atoms with Crippen LogP contribution in [0.2, 0.25) is 0 Å². The number of carbonyl (C=O) groups is 1. The number of halogens is 3. The quantitative estimate of drug-likeness (QED) is 0.564. The van der Waals surface area contributed by atoms with Crippen LogP contribution in [-0.4, -0.2) is 27.2 Å². The first-order valence-corrected chi connectivity index (χ1v) is 7.32. The van der Waals surface area contributed by atoms with Gasteiger partial charge in [-0.15, -0.1) is 0 Å². The Bertz CT molecular complexity index is 736. The molecule has 0 fully saturated rings. The van der Waals surface area contributed by atoms with Crippen molar-refractivity contribution in [2.45, 2.75) is 19.7 Å². The Morgan fingerprint density at radius 2 is 2.08 bits per heavy atom. The highest BCUT2D eigenvalue weighted by atomic mass is 79.9. The van der Waals surface area contributed by atoms with E-state index in [1.165, 1.54) is 30.5 Å². The second-order valence-electron chi connectivity index (χ2n) is 4.55. The molecule has 0 aliphatic carbocycles. The summed E-state index contributed by atoms with van der Waals surface area (Å²) in [5.74, 6) is -0.765. The Balaban J connectivity index is 1.87. The van der Waals surface area contributed by atoms with Gasteiger partial charge in [0, 0.05) is 6.54 Å². The number of nitrogens with one attached hydrogen (secondary N) is 1. The summed E-state index contributed by atoms with van der Waals surface area (Å²) in [4.78, 5) is 21.8. The Hall–Kier alpha value is -2.56. The van der Waals surface area contributed by atoms with Crippen molar-refractivity contribution in [3.05, 3.63) is 50.6 Å². The molecule has 1 N–H and O–H groups in total. The first-order valence-electron chi connectivity index (χ1n) is 6.53. The monoisotopic (exact) mass is 404 g/mol. The van der Waals surface area contributed by atoms with E-state index in [2.05, 4.69) is 31.1 Å². The molecule has 1 aromatic carbocycles. The maximum absolute atomic E-state index is 12.0. The van der Waals surface area contributed by atoms with Crippen molar-refractivity contribution >= 4 is 27.7 Å². The zero-order chi connectivity index (χ0) is 17.7.